The van der Waals surface area contributed by atoms with Gasteiger partial charge in [-0.2, -0.15) is 8.78 Å². The summed E-state index contributed by atoms with van der Waals surface area (Å²) in [6.07, 6.45) is -2.75. The van der Waals surface area contributed by atoms with Crippen LogP contribution in [-0.2, 0) is 9.53 Å². The van der Waals surface area contributed by atoms with Crippen LogP contribution in [0.3, 0.4) is 0 Å². The highest BCUT2D eigenvalue weighted by Gasteiger charge is 2.41. The van der Waals surface area contributed by atoms with Gasteiger partial charge in [-0.15, -0.1) is 0 Å². The molecule has 0 aromatic carbocycles. The lowest BCUT2D eigenvalue weighted by molar-refractivity contribution is -0.181. The first-order chi connectivity index (χ1) is 7.45. The second-order valence-electron chi connectivity index (χ2n) is 3.74. The standard InChI is InChI=1S/C9H13F4NO2/c10-8(11)9(12,13)5-16-7-2-1-6(4-15)3-14-7/h4,6-8,14H,1-3,5H2. The maximum atomic E-state index is 12.5. The predicted molar refractivity (Wildman–Crippen MR) is 47.5 cm³/mol. The van der Waals surface area contributed by atoms with E-state index >= 15 is 0 Å². The first-order valence-corrected chi connectivity index (χ1v) is 4.92. The van der Waals surface area contributed by atoms with Gasteiger partial charge >= 0.3 is 12.3 Å². The minimum Gasteiger partial charge on any atom is -0.357 e. The average molecular weight is 243 g/mol. The maximum absolute atomic E-state index is 12.5. The van der Waals surface area contributed by atoms with Gasteiger partial charge in [-0.1, -0.05) is 0 Å². The molecule has 2 unspecified atom stereocenters. The highest BCUT2D eigenvalue weighted by atomic mass is 19.3. The number of piperidine rings is 1. The number of nitrogens with one attached hydrogen (secondary N) is 1. The molecular weight excluding hydrogens is 230 g/mol. The minimum absolute atomic E-state index is 0.157. The predicted octanol–water partition coefficient (Wildman–Crippen LogP) is 1.43. The number of carbonyl (C=O) groups excluding carboxylic acids is 1. The molecule has 1 rings (SSSR count). The zero-order chi connectivity index (χ0) is 12.2. The smallest absolute Gasteiger partial charge is 0.330 e. The van der Waals surface area contributed by atoms with E-state index in [9.17, 15) is 22.4 Å². The normalized spacial score (nSPS) is 27.1. The summed E-state index contributed by atoms with van der Waals surface area (Å²) in [4.78, 5) is 10.4. The minimum atomic E-state index is -4.12. The summed E-state index contributed by atoms with van der Waals surface area (Å²) in [6, 6.07) is 0. The Labute approximate surface area is 90.1 Å². The van der Waals surface area contributed by atoms with Crippen molar-refractivity contribution in [2.24, 2.45) is 5.92 Å². The summed E-state index contributed by atoms with van der Waals surface area (Å²) in [5, 5.41) is 2.70. The van der Waals surface area contributed by atoms with Crippen molar-refractivity contribution in [1.82, 2.24) is 5.32 Å². The van der Waals surface area contributed by atoms with E-state index in [1.807, 2.05) is 0 Å². The zero-order valence-corrected chi connectivity index (χ0v) is 8.47. The number of alkyl halides is 4. The summed E-state index contributed by atoms with van der Waals surface area (Å²) < 4.78 is 53.2. The Morgan fingerprint density at radius 2 is 2.12 bits per heavy atom. The molecule has 0 aliphatic carbocycles. The molecule has 1 saturated heterocycles. The van der Waals surface area contributed by atoms with Crippen LogP contribution in [0.2, 0.25) is 0 Å². The lowest BCUT2D eigenvalue weighted by Crippen LogP contribution is -2.44. The van der Waals surface area contributed by atoms with Crippen LogP contribution >= 0.6 is 0 Å². The number of rotatable bonds is 5. The quantitative estimate of drug-likeness (QED) is 0.586. The molecule has 0 amide bonds. The van der Waals surface area contributed by atoms with E-state index < -0.39 is 25.2 Å². The lowest BCUT2D eigenvalue weighted by atomic mass is 10.0. The first kappa shape index (κ1) is 13.4. The Hall–Kier alpha value is -0.690. The van der Waals surface area contributed by atoms with Gasteiger partial charge in [0.25, 0.3) is 0 Å². The van der Waals surface area contributed by atoms with Crippen LogP contribution in [0.1, 0.15) is 12.8 Å². The van der Waals surface area contributed by atoms with Crippen molar-refractivity contribution in [2.45, 2.75) is 31.4 Å². The Morgan fingerprint density at radius 3 is 2.56 bits per heavy atom. The van der Waals surface area contributed by atoms with Gasteiger partial charge in [0.15, 0.2) is 0 Å². The molecule has 3 nitrogen and oxygen atoms in total. The molecule has 7 heteroatoms. The summed E-state index contributed by atoms with van der Waals surface area (Å²) in [6.45, 7) is -0.984. The van der Waals surface area contributed by atoms with Crippen molar-refractivity contribution in [3.8, 4) is 0 Å². The first-order valence-electron chi connectivity index (χ1n) is 4.92. The SMILES string of the molecule is O=CC1CCC(OCC(F)(F)C(F)F)NC1. The van der Waals surface area contributed by atoms with E-state index in [1.165, 1.54) is 0 Å². The number of hydrogen-bond donors (Lipinski definition) is 1. The fraction of sp³-hybridized carbons (Fsp3) is 0.889. The van der Waals surface area contributed by atoms with Crippen LogP contribution in [0.15, 0.2) is 0 Å². The highest BCUT2D eigenvalue weighted by Crippen LogP contribution is 2.24. The molecule has 0 saturated carbocycles. The second-order valence-corrected chi connectivity index (χ2v) is 3.74. The number of hydrogen-bond acceptors (Lipinski definition) is 3. The van der Waals surface area contributed by atoms with Crippen molar-refractivity contribution in [3.63, 3.8) is 0 Å². The molecule has 0 aromatic heterocycles. The maximum Gasteiger partial charge on any atom is 0.330 e. The van der Waals surface area contributed by atoms with Crippen LogP contribution in [0.25, 0.3) is 0 Å². The van der Waals surface area contributed by atoms with Crippen LogP contribution in [0, 0.1) is 5.92 Å². The molecule has 1 N–H and O–H groups in total. The summed E-state index contributed by atoms with van der Waals surface area (Å²) in [5.41, 5.74) is 0. The molecule has 1 fully saturated rings. The molecule has 1 aliphatic heterocycles. The van der Waals surface area contributed by atoms with Crippen molar-refractivity contribution < 1.29 is 27.1 Å². The lowest BCUT2D eigenvalue weighted by Gasteiger charge is -2.28. The Bertz CT molecular complexity index is 230. The summed E-state index contributed by atoms with van der Waals surface area (Å²) in [7, 11) is 0. The van der Waals surface area contributed by atoms with E-state index in [-0.39, 0.29) is 5.92 Å². The fourth-order valence-electron chi connectivity index (χ4n) is 1.39. The Morgan fingerprint density at radius 1 is 1.44 bits per heavy atom. The van der Waals surface area contributed by atoms with Gasteiger partial charge in [-0.25, -0.2) is 8.78 Å². The molecule has 1 heterocycles. The average Bonchev–Trinajstić information content (AvgIpc) is 2.27. The van der Waals surface area contributed by atoms with Gasteiger partial charge in [-0.3, -0.25) is 5.32 Å². The zero-order valence-electron chi connectivity index (χ0n) is 8.47. The number of halogens is 4. The molecular formula is C9H13F4NO2. The summed E-state index contributed by atoms with van der Waals surface area (Å²) in [5.74, 6) is -4.28. The van der Waals surface area contributed by atoms with Gasteiger partial charge < -0.3 is 9.53 Å². The molecule has 0 radical (unpaired) electrons. The molecule has 0 bridgehead atoms. The monoisotopic (exact) mass is 243 g/mol. The number of ether oxygens (including phenoxy) is 1. The van der Waals surface area contributed by atoms with Gasteiger partial charge in [-0.05, 0) is 12.8 Å². The summed E-state index contributed by atoms with van der Waals surface area (Å²) >= 11 is 0. The third-order valence-corrected chi connectivity index (χ3v) is 2.40. The molecule has 2 atom stereocenters. The topological polar surface area (TPSA) is 38.3 Å². The van der Waals surface area contributed by atoms with Crippen LogP contribution in [0.5, 0.6) is 0 Å². The van der Waals surface area contributed by atoms with Gasteiger partial charge in [0.05, 0.1) is 0 Å². The van der Waals surface area contributed by atoms with Gasteiger partial charge in [0, 0.05) is 12.5 Å². The van der Waals surface area contributed by atoms with E-state index in [2.05, 4.69) is 10.1 Å². The Balaban J connectivity index is 2.27. The third-order valence-electron chi connectivity index (χ3n) is 2.40. The molecule has 1 aliphatic rings. The van der Waals surface area contributed by atoms with Gasteiger partial charge in [0.2, 0.25) is 0 Å². The molecule has 16 heavy (non-hydrogen) atoms. The number of carbonyl (C=O) groups is 1. The van der Waals surface area contributed by atoms with Crippen molar-refractivity contribution in [3.05, 3.63) is 0 Å². The van der Waals surface area contributed by atoms with E-state index in [0.29, 0.717) is 19.4 Å². The van der Waals surface area contributed by atoms with Crippen LogP contribution in [-0.4, -0.2) is 38.0 Å². The van der Waals surface area contributed by atoms with Crippen LogP contribution in [0.4, 0.5) is 17.6 Å². The fourth-order valence-corrected chi connectivity index (χ4v) is 1.39. The molecule has 94 valence electrons. The largest absolute Gasteiger partial charge is 0.357 e. The number of aldehydes is 1. The van der Waals surface area contributed by atoms with Crippen molar-refractivity contribution in [2.75, 3.05) is 13.2 Å². The van der Waals surface area contributed by atoms with Gasteiger partial charge in [0.1, 0.15) is 19.1 Å². The van der Waals surface area contributed by atoms with Crippen molar-refractivity contribution >= 4 is 6.29 Å². The highest BCUT2D eigenvalue weighted by molar-refractivity contribution is 5.53. The molecule has 0 aromatic rings. The van der Waals surface area contributed by atoms with E-state index in [1.54, 1.807) is 0 Å². The second kappa shape index (κ2) is 5.58. The third kappa shape index (κ3) is 3.71. The Kier molecular flexibility index (Phi) is 4.67. The van der Waals surface area contributed by atoms with Crippen molar-refractivity contribution in [1.29, 1.82) is 0 Å². The van der Waals surface area contributed by atoms with E-state index in [4.69, 9.17) is 0 Å². The molecule has 0 spiro atoms. The van der Waals surface area contributed by atoms with E-state index in [0.717, 1.165) is 6.29 Å². The van der Waals surface area contributed by atoms with Crippen LogP contribution < -0.4 is 5.32 Å².